The Bertz CT molecular complexity index is 382. The third kappa shape index (κ3) is 3.55. The summed E-state index contributed by atoms with van der Waals surface area (Å²) in [6.07, 6.45) is 0. The fourth-order valence-corrected chi connectivity index (χ4v) is 1.57. The lowest BCUT2D eigenvalue weighted by Crippen LogP contribution is -2.12. The van der Waals surface area contributed by atoms with E-state index < -0.39 is 5.97 Å². The summed E-state index contributed by atoms with van der Waals surface area (Å²) in [6, 6.07) is 3.12. The number of benzene rings is 1. The van der Waals surface area contributed by atoms with Crippen LogP contribution in [0, 0.1) is 0 Å². The number of hydrogen-bond donors (Lipinski definition) is 0. The standard InChI is InChI=1S/C9H7BrCl2O3/c1-14-9(13)4-15-8-2-5(10)6(11)3-7(8)12/h2-3H,4H2,1H3. The Morgan fingerprint density at radius 3 is 2.67 bits per heavy atom. The Morgan fingerprint density at radius 2 is 2.07 bits per heavy atom. The van der Waals surface area contributed by atoms with Crippen LogP contribution in [0.15, 0.2) is 16.6 Å². The molecule has 0 aromatic heterocycles. The Morgan fingerprint density at radius 1 is 1.40 bits per heavy atom. The van der Waals surface area contributed by atoms with Gasteiger partial charge in [-0.3, -0.25) is 0 Å². The maximum atomic E-state index is 10.8. The predicted octanol–water partition coefficient (Wildman–Crippen LogP) is 3.31. The molecule has 6 heteroatoms. The number of ether oxygens (including phenoxy) is 2. The van der Waals surface area contributed by atoms with E-state index in [1.54, 1.807) is 6.07 Å². The van der Waals surface area contributed by atoms with Crippen molar-refractivity contribution in [3.05, 3.63) is 26.7 Å². The number of esters is 1. The molecule has 0 saturated heterocycles. The van der Waals surface area contributed by atoms with Gasteiger partial charge >= 0.3 is 5.97 Å². The van der Waals surface area contributed by atoms with Crippen LogP contribution in [0.2, 0.25) is 10.0 Å². The van der Waals surface area contributed by atoms with Crippen LogP contribution in [0.3, 0.4) is 0 Å². The van der Waals surface area contributed by atoms with E-state index in [-0.39, 0.29) is 6.61 Å². The molecular weight excluding hydrogens is 307 g/mol. The van der Waals surface area contributed by atoms with Crippen molar-refractivity contribution in [3.63, 3.8) is 0 Å². The molecule has 0 unspecified atom stereocenters. The van der Waals surface area contributed by atoms with Gasteiger partial charge in [0.1, 0.15) is 5.75 Å². The van der Waals surface area contributed by atoms with Crippen LogP contribution in [0.1, 0.15) is 0 Å². The summed E-state index contributed by atoms with van der Waals surface area (Å²) in [7, 11) is 1.28. The highest BCUT2D eigenvalue weighted by atomic mass is 79.9. The molecule has 0 saturated carbocycles. The molecule has 15 heavy (non-hydrogen) atoms. The fourth-order valence-electron chi connectivity index (χ4n) is 0.811. The summed E-state index contributed by atoms with van der Waals surface area (Å²) in [6.45, 7) is -0.190. The maximum absolute atomic E-state index is 10.8. The zero-order valence-electron chi connectivity index (χ0n) is 7.72. The van der Waals surface area contributed by atoms with E-state index in [9.17, 15) is 4.79 Å². The van der Waals surface area contributed by atoms with Crippen molar-refractivity contribution in [2.45, 2.75) is 0 Å². The van der Waals surface area contributed by atoms with Gasteiger partial charge < -0.3 is 9.47 Å². The molecule has 1 aromatic rings. The first kappa shape index (κ1) is 12.6. The average molecular weight is 314 g/mol. The van der Waals surface area contributed by atoms with E-state index in [0.29, 0.717) is 20.3 Å². The molecule has 0 aliphatic carbocycles. The number of hydrogen-bond acceptors (Lipinski definition) is 3. The van der Waals surface area contributed by atoms with Crippen LogP contribution in [0.5, 0.6) is 5.75 Å². The molecule has 1 rings (SSSR count). The minimum atomic E-state index is -0.475. The molecule has 0 atom stereocenters. The first-order chi connectivity index (χ1) is 7.04. The third-order valence-electron chi connectivity index (χ3n) is 1.55. The van der Waals surface area contributed by atoms with Crippen molar-refractivity contribution in [2.24, 2.45) is 0 Å². The zero-order chi connectivity index (χ0) is 11.4. The van der Waals surface area contributed by atoms with Crippen LogP contribution < -0.4 is 4.74 Å². The van der Waals surface area contributed by atoms with E-state index in [1.807, 2.05) is 0 Å². The SMILES string of the molecule is COC(=O)COc1cc(Br)c(Cl)cc1Cl. The molecule has 0 fully saturated rings. The molecule has 0 radical (unpaired) electrons. The fraction of sp³-hybridized carbons (Fsp3) is 0.222. The summed E-state index contributed by atoms with van der Waals surface area (Å²) < 4.78 is 10.2. The van der Waals surface area contributed by atoms with Crippen molar-refractivity contribution in [1.82, 2.24) is 0 Å². The summed E-state index contributed by atoms with van der Waals surface area (Å²) in [4.78, 5) is 10.8. The van der Waals surface area contributed by atoms with Crippen LogP contribution >= 0.6 is 39.1 Å². The van der Waals surface area contributed by atoms with Gasteiger partial charge in [0.05, 0.1) is 17.2 Å². The average Bonchev–Trinajstić information content (AvgIpc) is 2.21. The number of methoxy groups -OCH3 is 1. The van der Waals surface area contributed by atoms with Gasteiger partial charge in [0.2, 0.25) is 0 Å². The highest BCUT2D eigenvalue weighted by Crippen LogP contribution is 2.33. The number of carbonyl (C=O) groups is 1. The maximum Gasteiger partial charge on any atom is 0.343 e. The summed E-state index contributed by atoms with van der Waals surface area (Å²) in [5.74, 6) is -0.101. The lowest BCUT2D eigenvalue weighted by molar-refractivity contribution is -0.142. The highest BCUT2D eigenvalue weighted by Gasteiger charge is 2.08. The first-order valence-corrected chi connectivity index (χ1v) is 5.43. The topological polar surface area (TPSA) is 35.5 Å². The smallest absolute Gasteiger partial charge is 0.343 e. The van der Waals surface area contributed by atoms with Gasteiger partial charge in [-0.15, -0.1) is 0 Å². The Kier molecular flexibility index (Phi) is 4.70. The third-order valence-corrected chi connectivity index (χ3v) is 3.04. The molecule has 3 nitrogen and oxygen atoms in total. The van der Waals surface area contributed by atoms with Gasteiger partial charge in [-0.1, -0.05) is 23.2 Å². The summed E-state index contributed by atoms with van der Waals surface area (Å²) in [5.41, 5.74) is 0. The molecule has 1 aromatic carbocycles. The molecule has 0 aliphatic rings. The number of carbonyl (C=O) groups excluding carboxylic acids is 1. The Hall–Kier alpha value is -0.450. The minimum Gasteiger partial charge on any atom is -0.480 e. The molecule has 0 N–H and O–H groups in total. The quantitative estimate of drug-likeness (QED) is 0.634. The predicted molar refractivity (Wildman–Crippen MR) is 61.7 cm³/mol. The van der Waals surface area contributed by atoms with Gasteiger partial charge in [-0.25, -0.2) is 4.79 Å². The monoisotopic (exact) mass is 312 g/mol. The minimum absolute atomic E-state index is 0.190. The van der Waals surface area contributed by atoms with Gasteiger partial charge in [-0.05, 0) is 28.1 Å². The molecule has 0 aliphatic heterocycles. The number of halogens is 3. The van der Waals surface area contributed by atoms with Crippen molar-refractivity contribution in [2.75, 3.05) is 13.7 Å². The summed E-state index contributed by atoms with van der Waals surface area (Å²) in [5, 5.41) is 0.817. The Labute approximate surface area is 105 Å². The van der Waals surface area contributed by atoms with Gasteiger partial charge in [0.25, 0.3) is 0 Å². The van der Waals surface area contributed by atoms with Crippen LogP contribution in [0.25, 0.3) is 0 Å². The molecule has 82 valence electrons. The van der Waals surface area contributed by atoms with Gasteiger partial charge in [-0.2, -0.15) is 0 Å². The zero-order valence-corrected chi connectivity index (χ0v) is 10.8. The van der Waals surface area contributed by atoms with Crippen molar-refractivity contribution in [1.29, 1.82) is 0 Å². The lowest BCUT2D eigenvalue weighted by atomic mass is 10.3. The van der Waals surface area contributed by atoms with E-state index in [0.717, 1.165) is 0 Å². The molecule has 0 heterocycles. The second kappa shape index (κ2) is 5.58. The molecular formula is C9H7BrCl2O3. The molecule has 0 amide bonds. The summed E-state index contributed by atoms with van der Waals surface area (Å²) >= 11 is 14.9. The normalized spacial score (nSPS) is 9.87. The van der Waals surface area contributed by atoms with E-state index in [1.165, 1.54) is 13.2 Å². The Balaban J connectivity index is 2.77. The number of rotatable bonds is 3. The highest BCUT2D eigenvalue weighted by molar-refractivity contribution is 9.10. The van der Waals surface area contributed by atoms with Gasteiger partial charge in [0.15, 0.2) is 6.61 Å². The molecule has 0 spiro atoms. The van der Waals surface area contributed by atoms with Crippen molar-refractivity contribution < 1.29 is 14.3 Å². The van der Waals surface area contributed by atoms with E-state index >= 15 is 0 Å². The van der Waals surface area contributed by atoms with E-state index in [4.69, 9.17) is 27.9 Å². The van der Waals surface area contributed by atoms with Gasteiger partial charge in [0, 0.05) is 4.47 Å². The van der Waals surface area contributed by atoms with Crippen molar-refractivity contribution >= 4 is 45.1 Å². The second-order valence-corrected chi connectivity index (χ2v) is 4.23. The lowest BCUT2D eigenvalue weighted by Gasteiger charge is -2.07. The largest absolute Gasteiger partial charge is 0.480 e. The molecule has 0 bridgehead atoms. The van der Waals surface area contributed by atoms with Crippen LogP contribution in [-0.4, -0.2) is 19.7 Å². The van der Waals surface area contributed by atoms with Crippen LogP contribution in [-0.2, 0) is 9.53 Å². The van der Waals surface area contributed by atoms with E-state index in [2.05, 4.69) is 20.7 Å². The van der Waals surface area contributed by atoms with Crippen molar-refractivity contribution in [3.8, 4) is 5.75 Å². The second-order valence-electron chi connectivity index (χ2n) is 2.56. The van der Waals surface area contributed by atoms with Crippen LogP contribution in [0.4, 0.5) is 0 Å². The first-order valence-electron chi connectivity index (χ1n) is 3.88.